The van der Waals surface area contributed by atoms with Crippen LogP contribution < -0.4 is 5.32 Å². The van der Waals surface area contributed by atoms with Gasteiger partial charge in [-0.1, -0.05) is 0 Å². The Labute approximate surface area is 81.6 Å². The summed E-state index contributed by atoms with van der Waals surface area (Å²) in [6.45, 7) is 3.16. The first kappa shape index (κ1) is 10.8. The summed E-state index contributed by atoms with van der Waals surface area (Å²) < 4.78 is 24.4. The van der Waals surface area contributed by atoms with Crippen molar-refractivity contribution in [3.63, 3.8) is 0 Å². The summed E-state index contributed by atoms with van der Waals surface area (Å²) in [7, 11) is 0. The van der Waals surface area contributed by atoms with Gasteiger partial charge in [-0.3, -0.25) is 0 Å². The molecule has 0 saturated carbocycles. The van der Waals surface area contributed by atoms with E-state index in [0.29, 0.717) is 5.69 Å². The monoisotopic (exact) mass is 201 g/mol. The van der Waals surface area contributed by atoms with E-state index in [1.807, 2.05) is 0 Å². The standard InChI is InChI=1S/C10H13F2NO/c1-6-5-8(14)3-4-9(6)13-7(2)10(11)12/h3-5,7,10,13-14H,1-2H3. The zero-order valence-corrected chi connectivity index (χ0v) is 8.09. The van der Waals surface area contributed by atoms with Gasteiger partial charge in [0.15, 0.2) is 0 Å². The van der Waals surface area contributed by atoms with E-state index in [4.69, 9.17) is 5.11 Å². The van der Waals surface area contributed by atoms with Crippen LogP contribution in [0.25, 0.3) is 0 Å². The van der Waals surface area contributed by atoms with E-state index < -0.39 is 12.5 Å². The van der Waals surface area contributed by atoms with Crippen LogP contribution in [0.1, 0.15) is 12.5 Å². The second-order valence-electron chi connectivity index (χ2n) is 3.27. The van der Waals surface area contributed by atoms with E-state index in [1.54, 1.807) is 13.0 Å². The molecule has 0 aromatic heterocycles. The van der Waals surface area contributed by atoms with Gasteiger partial charge in [0.05, 0.1) is 6.04 Å². The molecule has 0 saturated heterocycles. The number of alkyl halides is 2. The Morgan fingerprint density at radius 2 is 2.00 bits per heavy atom. The van der Waals surface area contributed by atoms with Crippen molar-refractivity contribution in [2.75, 3.05) is 5.32 Å². The molecule has 0 heterocycles. The van der Waals surface area contributed by atoms with Crippen molar-refractivity contribution in [3.8, 4) is 5.75 Å². The molecule has 0 fully saturated rings. The number of phenols is 1. The van der Waals surface area contributed by atoms with Gasteiger partial charge in [0.1, 0.15) is 5.75 Å². The molecule has 14 heavy (non-hydrogen) atoms. The number of hydrogen-bond donors (Lipinski definition) is 2. The van der Waals surface area contributed by atoms with Crippen LogP contribution in [0.15, 0.2) is 18.2 Å². The van der Waals surface area contributed by atoms with E-state index in [2.05, 4.69) is 5.32 Å². The number of anilines is 1. The minimum absolute atomic E-state index is 0.137. The minimum Gasteiger partial charge on any atom is -0.508 e. The van der Waals surface area contributed by atoms with Gasteiger partial charge < -0.3 is 10.4 Å². The van der Waals surface area contributed by atoms with Crippen LogP contribution >= 0.6 is 0 Å². The van der Waals surface area contributed by atoms with Gasteiger partial charge in [0.2, 0.25) is 0 Å². The Morgan fingerprint density at radius 1 is 1.36 bits per heavy atom. The highest BCUT2D eigenvalue weighted by molar-refractivity contribution is 5.53. The largest absolute Gasteiger partial charge is 0.508 e. The molecule has 4 heteroatoms. The Hall–Kier alpha value is -1.32. The number of hydrogen-bond acceptors (Lipinski definition) is 2. The maximum atomic E-state index is 12.2. The first-order valence-corrected chi connectivity index (χ1v) is 4.35. The third-order valence-corrected chi connectivity index (χ3v) is 1.97. The lowest BCUT2D eigenvalue weighted by atomic mass is 10.1. The molecule has 0 radical (unpaired) electrons. The summed E-state index contributed by atoms with van der Waals surface area (Å²) in [5.41, 5.74) is 1.37. The third kappa shape index (κ3) is 2.58. The lowest BCUT2D eigenvalue weighted by molar-refractivity contribution is 0.130. The van der Waals surface area contributed by atoms with Crippen LogP contribution in [0.2, 0.25) is 0 Å². The summed E-state index contributed by atoms with van der Waals surface area (Å²) >= 11 is 0. The molecule has 1 atom stereocenters. The van der Waals surface area contributed by atoms with Crippen molar-refractivity contribution < 1.29 is 13.9 Å². The van der Waals surface area contributed by atoms with E-state index in [0.717, 1.165) is 5.56 Å². The highest BCUT2D eigenvalue weighted by atomic mass is 19.3. The number of benzene rings is 1. The molecule has 1 aromatic carbocycles. The first-order valence-electron chi connectivity index (χ1n) is 4.35. The normalized spacial score (nSPS) is 12.9. The van der Waals surface area contributed by atoms with E-state index in [-0.39, 0.29) is 5.75 Å². The molecule has 0 aliphatic rings. The van der Waals surface area contributed by atoms with E-state index in [9.17, 15) is 8.78 Å². The molecule has 0 aliphatic heterocycles. The van der Waals surface area contributed by atoms with Gasteiger partial charge >= 0.3 is 0 Å². The van der Waals surface area contributed by atoms with E-state index >= 15 is 0 Å². The Balaban J connectivity index is 2.77. The molecule has 78 valence electrons. The molecule has 1 unspecified atom stereocenters. The SMILES string of the molecule is Cc1cc(O)ccc1NC(C)C(F)F. The zero-order valence-electron chi connectivity index (χ0n) is 8.09. The summed E-state index contributed by atoms with van der Waals surface area (Å²) in [6.07, 6.45) is -2.40. The third-order valence-electron chi connectivity index (χ3n) is 1.97. The number of halogens is 2. The fourth-order valence-corrected chi connectivity index (χ4v) is 1.12. The highest BCUT2D eigenvalue weighted by Gasteiger charge is 2.14. The molecular weight excluding hydrogens is 188 g/mol. The van der Waals surface area contributed by atoms with Gasteiger partial charge in [-0.05, 0) is 37.6 Å². The summed E-state index contributed by atoms with van der Waals surface area (Å²) in [5, 5.41) is 11.8. The lowest BCUT2D eigenvalue weighted by Crippen LogP contribution is -2.24. The van der Waals surface area contributed by atoms with Gasteiger partial charge in [-0.25, -0.2) is 8.78 Å². The quantitative estimate of drug-likeness (QED) is 0.737. The van der Waals surface area contributed by atoms with Crippen LogP contribution in [0.4, 0.5) is 14.5 Å². The van der Waals surface area contributed by atoms with E-state index in [1.165, 1.54) is 19.1 Å². The number of aromatic hydroxyl groups is 1. The van der Waals surface area contributed by atoms with Crippen LogP contribution in [-0.4, -0.2) is 17.6 Å². The van der Waals surface area contributed by atoms with Crippen LogP contribution in [0, 0.1) is 6.92 Å². The van der Waals surface area contributed by atoms with Crippen molar-refractivity contribution in [3.05, 3.63) is 23.8 Å². The fraction of sp³-hybridized carbons (Fsp3) is 0.400. The topological polar surface area (TPSA) is 32.3 Å². The van der Waals surface area contributed by atoms with Crippen LogP contribution in [0.3, 0.4) is 0 Å². The van der Waals surface area contributed by atoms with Crippen molar-refractivity contribution >= 4 is 5.69 Å². The predicted octanol–water partition coefficient (Wildman–Crippen LogP) is 2.77. The Bertz CT molecular complexity index is 315. The predicted molar refractivity (Wildman–Crippen MR) is 51.9 cm³/mol. The second kappa shape index (κ2) is 4.26. The van der Waals surface area contributed by atoms with Crippen molar-refractivity contribution in [2.45, 2.75) is 26.3 Å². The summed E-state index contributed by atoms with van der Waals surface area (Å²) in [5.74, 6) is 0.137. The molecule has 0 aliphatic carbocycles. The maximum absolute atomic E-state index is 12.2. The molecule has 0 amide bonds. The minimum atomic E-state index is -2.40. The van der Waals surface area contributed by atoms with Gasteiger partial charge in [0, 0.05) is 5.69 Å². The maximum Gasteiger partial charge on any atom is 0.258 e. The smallest absolute Gasteiger partial charge is 0.258 e. The van der Waals surface area contributed by atoms with Crippen molar-refractivity contribution in [1.82, 2.24) is 0 Å². The molecule has 2 nitrogen and oxygen atoms in total. The van der Waals surface area contributed by atoms with Gasteiger partial charge in [-0.15, -0.1) is 0 Å². The highest BCUT2D eigenvalue weighted by Crippen LogP contribution is 2.21. The zero-order chi connectivity index (χ0) is 10.7. The number of phenolic OH excluding ortho intramolecular Hbond substituents is 1. The number of nitrogens with one attached hydrogen (secondary N) is 1. The Kier molecular flexibility index (Phi) is 3.28. The average molecular weight is 201 g/mol. The number of aryl methyl sites for hydroxylation is 1. The fourth-order valence-electron chi connectivity index (χ4n) is 1.12. The molecule has 1 aromatic rings. The van der Waals surface area contributed by atoms with Crippen LogP contribution in [0.5, 0.6) is 5.75 Å². The summed E-state index contributed by atoms with van der Waals surface area (Å²) in [4.78, 5) is 0. The second-order valence-corrected chi connectivity index (χ2v) is 3.27. The Morgan fingerprint density at radius 3 is 2.50 bits per heavy atom. The summed E-state index contributed by atoms with van der Waals surface area (Å²) in [6, 6.07) is 3.69. The van der Waals surface area contributed by atoms with Gasteiger partial charge in [0.25, 0.3) is 6.43 Å². The number of rotatable bonds is 3. The molecular formula is C10H13F2NO. The van der Waals surface area contributed by atoms with Gasteiger partial charge in [-0.2, -0.15) is 0 Å². The van der Waals surface area contributed by atoms with Crippen molar-refractivity contribution in [2.24, 2.45) is 0 Å². The molecule has 0 bridgehead atoms. The molecule has 2 N–H and O–H groups in total. The molecule has 1 rings (SSSR count). The first-order chi connectivity index (χ1) is 6.50. The van der Waals surface area contributed by atoms with Crippen molar-refractivity contribution in [1.29, 1.82) is 0 Å². The lowest BCUT2D eigenvalue weighted by Gasteiger charge is -2.16. The molecule has 0 spiro atoms. The van der Waals surface area contributed by atoms with Crippen LogP contribution in [-0.2, 0) is 0 Å². The average Bonchev–Trinajstić information content (AvgIpc) is 2.09.